The molecule has 4 saturated carbocycles. The highest BCUT2D eigenvalue weighted by Crippen LogP contribution is 2.63. The molecule has 0 aromatic heterocycles. The Balaban J connectivity index is 1.92. The fraction of sp³-hybridized carbons (Fsp3) is 0.913. The molecule has 29 heavy (non-hydrogen) atoms. The van der Waals surface area contributed by atoms with Gasteiger partial charge in [0.05, 0.1) is 5.60 Å². The number of aliphatic hydroxyl groups is 1. The molecular weight excluding hydrogens is 368 g/mol. The third kappa shape index (κ3) is 4.73. The minimum absolute atomic E-state index is 0.0294. The van der Waals surface area contributed by atoms with Crippen molar-refractivity contribution in [3.05, 3.63) is 0 Å². The van der Waals surface area contributed by atoms with Gasteiger partial charge in [-0.1, -0.05) is 6.92 Å². The first-order chi connectivity index (χ1) is 13.4. The van der Waals surface area contributed by atoms with Crippen LogP contribution in [0.25, 0.3) is 0 Å². The summed E-state index contributed by atoms with van der Waals surface area (Å²) in [6, 6.07) is -0.592. The van der Waals surface area contributed by atoms with Gasteiger partial charge in [0.1, 0.15) is 11.6 Å². The topological polar surface area (TPSA) is 78.9 Å². The lowest BCUT2D eigenvalue weighted by Gasteiger charge is -2.62. The predicted octanol–water partition coefficient (Wildman–Crippen LogP) is 3.86. The number of nitrogens with zero attached hydrogens (tertiary/aromatic N) is 1. The minimum atomic E-state index is -0.689. The maximum Gasteiger partial charge on any atom is 0.408 e. The van der Waals surface area contributed by atoms with Crippen LogP contribution in [0.4, 0.5) is 4.79 Å². The van der Waals surface area contributed by atoms with Crippen LogP contribution in [0.3, 0.4) is 0 Å². The highest BCUT2D eigenvalue weighted by atomic mass is 16.6. The zero-order valence-electron chi connectivity index (χ0n) is 19.1. The maximum absolute atomic E-state index is 13.8. The molecule has 4 aliphatic rings. The molecule has 0 aromatic rings. The van der Waals surface area contributed by atoms with E-state index in [1.165, 1.54) is 0 Å². The normalized spacial score (nSPS) is 34.2. The molecular formula is C23H40N2O4. The first-order valence-electron chi connectivity index (χ1n) is 11.4. The third-order valence-corrected chi connectivity index (χ3v) is 6.97. The lowest BCUT2D eigenvalue weighted by Crippen LogP contribution is -2.66. The molecule has 3 unspecified atom stereocenters. The second-order valence-electron chi connectivity index (χ2n) is 11.3. The van der Waals surface area contributed by atoms with Gasteiger partial charge in [0, 0.05) is 18.0 Å². The Bertz CT molecular complexity index is 625. The summed E-state index contributed by atoms with van der Waals surface area (Å²) < 4.78 is 5.52. The number of hydrogen-bond acceptors (Lipinski definition) is 4. The second kappa shape index (κ2) is 7.75. The van der Waals surface area contributed by atoms with Crippen LogP contribution < -0.4 is 5.32 Å². The summed E-state index contributed by atoms with van der Waals surface area (Å²) in [5, 5.41) is 14.2. The molecule has 4 bridgehead atoms. The Hall–Kier alpha value is -1.30. The fourth-order valence-electron chi connectivity index (χ4n) is 6.55. The zero-order chi connectivity index (χ0) is 21.6. The van der Waals surface area contributed by atoms with Gasteiger partial charge in [-0.05, 0) is 91.4 Å². The van der Waals surface area contributed by atoms with Gasteiger partial charge in [0.15, 0.2) is 0 Å². The van der Waals surface area contributed by atoms with E-state index in [1.54, 1.807) is 0 Å². The number of hydrogen-bond donors (Lipinski definition) is 2. The number of alkyl carbamates (subject to hydrolysis) is 1. The Kier molecular flexibility index (Phi) is 5.98. The van der Waals surface area contributed by atoms with E-state index in [9.17, 15) is 14.7 Å². The van der Waals surface area contributed by atoms with Crippen molar-refractivity contribution in [1.29, 1.82) is 0 Å². The SMILES string of the molecule is CCCN(C(=O)C(NC(=O)OC(C)(C)C)C12CC3CC(CC(O)(C3)C1)C2)C(C)C. The summed E-state index contributed by atoms with van der Waals surface area (Å²) in [7, 11) is 0. The summed E-state index contributed by atoms with van der Waals surface area (Å²) in [5.41, 5.74) is -1.70. The molecule has 6 heteroatoms. The third-order valence-electron chi connectivity index (χ3n) is 6.97. The molecule has 0 radical (unpaired) electrons. The van der Waals surface area contributed by atoms with Crippen molar-refractivity contribution in [2.24, 2.45) is 17.3 Å². The highest BCUT2D eigenvalue weighted by molar-refractivity contribution is 5.87. The van der Waals surface area contributed by atoms with Crippen molar-refractivity contribution in [3.63, 3.8) is 0 Å². The van der Waals surface area contributed by atoms with E-state index in [0.29, 0.717) is 24.8 Å². The molecule has 0 heterocycles. The van der Waals surface area contributed by atoms with E-state index in [-0.39, 0.29) is 17.4 Å². The highest BCUT2D eigenvalue weighted by Gasteiger charge is 2.61. The van der Waals surface area contributed by atoms with Gasteiger partial charge in [-0.2, -0.15) is 0 Å². The minimum Gasteiger partial charge on any atom is -0.444 e. The summed E-state index contributed by atoms with van der Waals surface area (Å²) >= 11 is 0. The maximum atomic E-state index is 13.8. The lowest BCUT2D eigenvalue weighted by atomic mass is 9.46. The Morgan fingerprint density at radius 3 is 2.21 bits per heavy atom. The molecule has 4 fully saturated rings. The van der Waals surface area contributed by atoms with E-state index in [1.807, 2.05) is 39.5 Å². The van der Waals surface area contributed by atoms with Crippen LogP contribution in [-0.4, -0.2) is 51.8 Å². The summed E-state index contributed by atoms with van der Waals surface area (Å²) in [6.45, 7) is 12.2. The van der Waals surface area contributed by atoms with Crippen molar-refractivity contribution < 1.29 is 19.4 Å². The first kappa shape index (κ1) is 22.4. The Morgan fingerprint density at radius 2 is 1.76 bits per heavy atom. The van der Waals surface area contributed by atoms with E-state index in [4.69, 9.17) is 4.74 Å². The van der Waals surface area contributed by atoms with Crippen LogP contribution in [0.15, 0.2) is 0 Å². The number of rotatable bonds is 6. The van der Waals surface area contributed by atoms with Crippen molar-refractivity contribution in [2.45, 2.75) is 110 Å². The van der Waals surface area contributed by atoms with E-state index < -0.39 is 23.3 Å². The van der Waals surface area contributed by atoms with Gasteiger partial charge in [-0.25, -0.2) is 4.79 Å². The number of nitrogens with one attached hydrogen (secondary N) is 1. The van der Waals surface area contributed by atoms with Gasteiger partial charge in [-0.3, -0.25) is 4.79 Å². The number of carbonyl (C=O) groups is 2. The van der Waals surface area contributed by atoms with Crippen LogP contribution in [0, 0.1) is 17.3 Å². The zero-order valence-corrected chi connectivity index (χ0v) is 19.1. The average molecular weight is 409 g/mol. The van der Waals surface area contributed by atoms with Gasteiger partial charge in [0.2, 0.25) is 5.91 Å². The van der Waals surface area contributed by atoms with Crippen molar-refractivity contribution in [2.75, 3.05) is 6.54 Å². The Labute approximate surface area is 175 Å². The van der Waals surface area contributed by atoms with E-state index in [0.717, 1.165) is 38.5 Å². The van der Waals surface area contributed by atoms with Crippen molar-refractivity contribution >= 4 is 12.0 Å². The number of amides is 2. The first-order valence-corrected chi connectivity index (χ1v) is 11.4. The van der Waals surface area contributed by atoms with Crippen LogP contribution >= 0.6 is 0 Å². The van der Waals surface area contributed by atoms with Gasteiger partial charge in [-0.15, -0.1) is 0 Å². The van der Waals surface area contributed by atoms with Crippen LogP contribution in [0.5, 0.6) is 0 Å². The quantitative estimate of drug-likeness (QED) is 0.699. The number of ether oxygens (including phenoxy) is 1. The fourth-order valence-corrected chi connectivity index (χ4v) is 6.55. The standard InChI is InChI=1S/C23H40N2O4/c1-7-8-25(15(2)3)19(26)18(24-20(27)29-21(4,5)6)22-10-16-9-17(11-22)13-23(28,12-16)14-22/h15-18,28H,7-14H2,1-6H3,(H,24,27). The lowest BCUT2D eigenvalue weighted by molar-refractivity contribution is -0.180. The molecule has 2 N–H and O–H groups in total. The average Bonchev–Trinajstić information content (AvgIpc) is 2.52. The molecule has 4 aliphatic carbocycles. The molecule has 3 atom stereocenters. The monoisotopic (exact) mass is 408 g/mol. The molecule has 0 saturated heterocycles. The second-order valence-corrected chi connectivity index (χ2v) is 11.3. The van der Waals surface area contributed by atoms with E-state index >= 15 is 0 Å². The van der Waals surface area contributed by atoms with E-state index in [2.05, 4.69) is 12.2 Å². The molecule has 0 spiro atoms. The molecule has 166 valence electrons. The molecule has 6 nitrogen and oxygen atoms in total. The smallest absolute Gasteiger partial charge is 0.408 e. The van der Waals surface area contributed by atoms with Crippen molar-refractivity contribution in [3.8, 4) is 0 Å². The largest absolute Gasteiger partial charge is 0.444 e. The molecule has 0 aromatic carbocycles. The molecule has 0 aliphatic heterocycles. The van der Waals surface area contributed by atoms with Crippen LogP contribution in [0.1, 0.15) is 86.5 Å². The summed E-state index contributed by atoms with van der Waals surface area (Å²) in [5.74, 6) is 0.851. The van der Waals surface area contributed by atoms with Gasteiger partial charge >= 0.3 is 6.09 Å². The van der Waals surface area contributed by atoms with Gasteiger partial charge < -0.3 is 20.1 Å². The van der Waals surface area contributed by atoms with Crippen LogP contribution in [0.2, 0.25) is 0 Å². The van der Waals surface area contributed by atoms with Crippen LogP contribution in [-0.2, 0) is 9.53 Å². The summed E-state index contributed by atoms with van der Waals surface area (Å²) in [6.07, 6.45) is 5.52. The molecule has 4 rings (SSSR count). The summed E-state index contributed by atoms with van der Waals surface area (Å²) in [4.78, 5) is 28.4. The number of carbonyl (C=O) groups excluding carboxylic acids is 2. The Morgan fingerprint density at radius 1 is 1.17 bits per heavy atom. The van der Waals surface area contributed by atoms with Gasteiger partial charge in [0.25, 0.3) is 0 Å². The predicted molar refractivity (Wildman–Crippen MR) is 112 cm³/mol. The van der Waals surface area contributed by atoms with Crippen molar-refractivity contribution in [1.82, 2.24) is 10.2 Å². The molecule has 2 amide bonds.